The van der Waals surface area contributed by atoms with E-state index < -0.39 is 0 Å². The summed E-state index contributed by atoms with van der Waals surface area (Å²) >= 11 is 0. The Bertz CT molecular complexity index is 610. The first kappa shape index (κ1) is 18.2. The highest BCUT2D eigenvalue weighted by molar-refractivity contribution is 5.98. The SMILES string of the molecule is CCCNCCCOc1ccccc1C(=O)CCc1ccccc1. The molecule has 2 rings (SSSR count). The van der Waals surface area contributed by atoms with Gasteiger partial charge in [-0.25, -0.2) is 0 Å². The van der Waals surface area contributed by atoms with Crippen molar-refractivity contribution in [3.63, 3.8) is 0 Å². The van der Waals surface area contributed by atoms with Crippen molar-refractivity contribution in [1.29, 1.82) is 0 Å². The van der Waals surface area contributed by atoms with E-state index in [-0.39, 0.29) is 5.78 Å². The number of carbonyl (C=O) groups is 1. The number of rotatable bonds is 11. The zero-order chi connectivity index (χ0) is 17.0. The van der Waals surface area contributed by atoms with Gasteiger partial charge in [-0.2, -0.15) is 0 Å². The fourth-order valence-corrected chi connectivity index (χ4v) is 2.54. The summed E-state index contributed by atoms with van der Waals surface area (Å²) in [5.74, 6) is 0.838. The van der Waals surface area contributed by atoms with Gasteiger partial charge in [0.15, 0.2) is 5.78 Å². The van der Waals surface area contributed by atoms with E-state index in [0.717, 1.165) is 32.4 Å². The number of benzene rings is 2. The molecular formula is C21H27NO2. The van der Waals surface area contributed by atoms with Crippen LogP contribution in [0.25, 0.3) is 0 Å². The van der Waals surface area contributed by atoms with Crippen molar-refractivity contribution in [2.75, 3.05) is 19.7 Å². The zero-order valence-electron chi connectivity index (χ0n) is 14.5. The summed E-state index contributed by atoms with van der Waals surface area (Å²) in [6.07, 6.45) is 3.34. The highest BCUT2D eigenvalue weighted by Crippen LogP contribution is 2.20. The molecule has 0 heterocycles. The molecule has 0 aromatic heterocycles. The van der Waals surface area contributed by atoms with Crippen LogP contribution in [0.4, 0.5) is 0 Å². The van der Waals surface area contributed by atoms with Gasteiger partial charge in [-0.3, -0.25) is 4.79 Å². The van der Waals surface area contributed by atoms with Gasteiger partial charge in [0.2, 0.25) is 0 Å². The zero-order valence-corrected chi connectivity index (χ0v) is 14.5. The lowest BCUT2D eigenvalue weighted by atomic mass is 10.0. The van der Waals surface area contributed by atoms with Crippen LogP contribution in [-0.2, 0) is 6.42 Å². The third-order valence-electron chi connectivity index (χ3n) is 3.85. The Hall–Kier alpha value is -2.13. The van der Waals surface area contributed by atoms with E-state index in [1.54, 1.807) is 0 Å². The second-order valence-corrected chi connectivity index (χ2v) is 5.86. The van der Waals surface area contributed by atoms with Crippen LogP contribution < -0.4 is 10.1 Å². The standard InChI is InChI=1S/C21H27NO2/c1-2-15-22-16-8-17-24-21-12-7-6-11-19(21)20(23)14-13-18-9-4-3-5-10-18/h3-7,9-12,22H,2,8,13-17H2,1H3. The van der Waals surface area contributed by atoms with E-state index in [0.29, 0.717) is 24.3 Å². The van der Waals surface area contributed by atoms with Crippen molar-refractivity contribution in [3.8, 4) is 5.75 Å². The maximum atomic E-state index is 12.5. The Morgan fingerprint density at radius 2 is 1.75 bits per heavy atom. The number of carbonyl (C=O) groups excluding carboxylic acids is 1. The smallest absolute Gasteiger partial charge is 0.166 e. The molecule has 128 valence electrons. The number of nitrogens with one attached hydrogen (secondary N) is 1. The van der Waals surface area contributed by atoms with Crippen molar-refractivity contribution in [3.05, 3.63) is 65.7 Å². The van der Waals surface area contributed by atoms with Crippen LogP contribution in [0.3, 0.4) is 0 Å². The summed E-state index contributed by atoms with van der Waals surface area (Å²) in [4.78, 5) is 12.5. The third-order valence-corrected chi connectivity index (χ3v) is 3.85. The minimum absolute atomic E-state index is 0.138. The van der Waals surface area contributed by atoms with Crippen molar-refractivity contribution >= 4 is 5.78 Å². The van der Waals surface area contributed by atoms with Gasteiger partial charge >= 0.3 is 0 Å². The molecule has 2 aromatic carbocycles. The van der Waals surface area contributed by atoms with Gasteiger partial charge in [0.25, 0.3) is 0 Å². The summed E-state index contributed by atoms with van der Waals surface area (Å²) < 4.78 is 5.83. The summed E-state index contributed by atoms with van der Waals surface area (Å²) in [5, 5.41) is 3.35. The Kier molecular flexibility index (Phi) is 8.05. The maximum Gasteiger partial charge on any atom is 0.166 e. The second kappa shape index (κ2) is 10.6. The van der Waals surface area contributed by atoms with Gasteiger partial charge in [-0.05, 0) is 50.0 Å². The minimum Gasteiger partial charge on any atom is -0.493 e. The molecule has 0 saturated heterocycles. The van der Waals surface area contributed by atoms with Crippen molar-refractivity contribution in [1.82, 2.24) is 5.32 Å². The van der Waals surface area contributed by atoms with Gasteiger partial charge in [-0.15, -0.1) is 0 Å². The molecule has 0 aliphatic carbocycles. The van der Waals surface area contributed by atoms with Gasteiger partial charge in [-0.1, -0.05) is 49.4 Å². The molecule has 1 N–H and O–H groups in total. The molecule has 0 aliphatic heterocycles. The first-order valence-corrected chi connectivity index (χ1v) is 8.81. The van der Waals surface area contributed by atoms with Crippen LogP contribution in [0.2, 0.25) is 0 Å². The lowest BCUT2D eigenvalue weighted by molar-refractivity contribution is 0.0979. The predicted octanol–water partition coefficient (Wildman–Crippen LogP) is 4.27. The van der Waals surface area contributed by atoms with Gasteiger partial charge in [0.05, 0.1) is 12.2 Å². The van der Waals surface area contributed by atoms with E-state index in [1.807, 2.05) is 42.5 Å². The van der Waals surface area contributed by atoms with Crippen LogP contribution in [-0.4, -0.2) is 25.5 Å². The first-order chi connectivity index (χ1) is 11.8. The Labute approximate surface area is 145 Å². The molecule has 0 spiro atoms. The van der Waals surface area contributed by atoms with Crippen LogP contribution in [0.15, 0.2) is 54.6 Å². The molecule has 2 aromatic rings. The number of Topliss-reactive ketones (excluding diaryl/α,β-unsaturated/α-hetero) is 1. The topological polar surface area (TPSA) is 38.3 Å². The van der Waals surface area contributed by atoms with E-state index in [9.17, 15) is 4.79 Å². The molecule has 0 bridgehead atoms. The van der Waals surface area contributed by atoms with Gasteiger partial charge in [0, 0.05) is 6.42 Å². The first-order valence-electron chi connectivity index (χ1n) is 8.81. The van der Waals surface area contributed by atoms with E-state index in [2.05, 4.69) is 24.4 Å². The monoisotopic (exact) mass is 325 g/mol. The summed E-state index contributed by atoms with van der Waals surface area (Å²) in [6.45, 7) is 4.76. The average molecular weight is 325 g/mol. The quantitative estimate of drug-likeness (QED) is 0.495. The van der Waals surface area contributed by atoms with E-state index in [4.69, 9.17) is 4.74 Å². The number of aryl methyl sites for hydroxylation is 1. The van der Waals surface area contributed by atoms with Gasteiger partial charge in [0.1, 0.15) is 5.75 Å². The third kappa shape index (κ3) is 6.17. The van der Waals surface area contributed by atoms with Crippen molar-refractivity contribution in [2.24, 2.45) is 0 Å². The van der Waals surface area contributed by atoms with Crippen LogP contribution >= 0.6 is 0 Å². The lowest BCUT2D eigenvalue weighted by Gasteiger charge is -2.11. The van der Waals surface area contributed by atoms with Crippen molar-refractivity contribution in [2.45, 2.75) is 32.6 Å². The molecule has 0 fully saturated rings. The highest BCUT2D eigenvalue weighted by Gasteiger charge is 2.12. The van der Waals surface area contributed by atoms with E-state index in [1.165, 1.54) is 5.56 Å². The molecule has 0 atom stereocenters. The molecule has 0 radical (unpaired) electrons. The van der Waals surface area contributed by atoms with Crippen LogP contribution in [0, 0.1) is 0 Å². The number of ketones is 1. The lowest BCUT2D eigenvalue weighted by Crippen LogP contribution is -2.18. The largest absolute Gasteiger partial charge is 0.493 e. The summed E-state index contributed by atoms with van der Waals surface area (Å²) in [5.41, 5.74) is 1.88. The number of para-hydroxylation sites is 1. The van der Waals surface area contributed by atoms with Crippen LogP contribution in [0.1, 0.15) is 42.1 Å². The number of ether oxygens (including phenoxy) is 1. The summed E-state index contributed by atoms with van der Waals surface area (Å²) in [6, 6.07) is 17.7. The number of hydrogen-bond donors (Lipinski definition) is 1. The normalized spacial score (nSPS) is 10.5. The molecule has 0 amide bonds. The molecular weight excluding hydrogens is 298 g/mol. The molecule has 3 nitrogen and oxygen atoms in total. The second-order valence-electron chi connectivity index (χ2n) is 5.86. The Morgan fingerprint density at radius 3 is 2.54 bits per heavy atom. The maximum absolute atomic E-state index is 12.5. The van der Waals surface area contributed by atoms with Crippen LogP contribution in [0.5, 0.6) is 5.75 Å². The van der Waals surface area contributed by atoms with Gasteiger partial charge < -0.3 is 10.1 Å². The molecule has 3 heteroatoms. The highest BCUT2D eigenvalue weighted by atomic mass is 16.5. The molecule has 0 aliphatic rings. The summed E-state index contributed by atoms with van der Waals surface area (Å²) in [7, 11) is 0. The van der Waals surface area contributed by atoms with Crippen molar-refractivity contribution < 1.29 is 9.53 Å². The predicted molar refractivity (Wildman–Crippen MR) is 98.8 cm³/mol. The van der Waals surface area contributed by atoms with E-state index >= 15 is 0 Å². The minimum atomic E-state index is 0.138. The number of hydrogen-bond acceptors (Lipinski definition) is 3. The fourth-order valence-electron chi connectivity index (χ4n) is 2.54. The Morgan fingerprint density at radius 1 is 1.00 bits per heavy atom. The fraction of sp³-hybridized carbons (Fsp3) is 0.381. The molecule has 24 heavy (non-hydrogen) atoms. The average Bonchev–Trinajstić information content (AvgIpc) is 2.64. The molecule has 0 saturated carbocycles. The Balaban J connectivity index is 1.84. The molecule has 0 unspecified atom stereocenters.